The molecule has 11 nitrogen and oxygen atoms in total. The highest BCUT2D eigenvalue weighted by Gasteiger charge is 2.29. The van der Waals surface area contributed by atoms with E-state index in [1.807, 2.05) is 20.8 Å². The van der Waals surface area contributed by atoms with E-state index >= 15 is 0 Å². The lowest BCUT2D eigenvalue weighted by molar-refractivity contribution is 0.0189. The number of piperidine rings is 2. The maximum atomic E-state index is 12.2. The summed E-state index contributed by atoms with van der Waals surface area (Å²) in [6.45, 7) is 9.14. The van der Waals surface area contributed by atoms with E-state index in [9.17, 15) is 4.79 Å². The number of nitrogens with one attached hydrogen (secondary N) is 1. The quantitative estimate of drug-likeness (QED) is 0.192. The molecule has 3 N–H and O–H groups in total. The SMILES string of the molecule is CC(C)(C)OC(=O)N1CCC(n2cc(I)c3c(Cl)ncnc32)CC1.Nc1ncnc2c1c(I)cn2C1CCNCC1. The zero-order valence-electron chi connectivity index (χ0n) is 23.3. The van der Waals surface area contributed by atoms with E-state index in [0.29, 0.717) is 36.1 Å². The number of nitrogen functional groups attached to an aromatic ring is 1. The highest BCUT2D eigenvalue weighted by Crippen LogP contribution is 2.33. The number of nitrogens with zero attached hydrogens (tertiary/aromatic N) is 7. The van der Waals surface area contributed by atoms with Gasteiger partial charge in [-0.1, -0.05) is 11.6 Å². The van der Waals surface area contributed by atoms with Gasteiger partial charge in [0.25, 0.3) is 0 Å². The van der Waals surface area contributed by atoms with Crippen molar-refractivity contribution in [1.82, 2.24) is 39.3 Å². The fraction of sp³-hybridized carbons (Fsp3) is 0.519. The summed E-state index contributed by atoms with van der Waals surface area (Å²) >= 11 is 10.8. The second-order valence-electron chi connectivity index (χ2n) is 11.3. The maximum absolute atomic E-state index is 12.2. The Morgan fingerprint density at radius 1 is 0.927 bits per heavy atom. The summed E-state index contributed by atoms with van der Waals surface area (Å²) in [5.41, 5.74) is 7.28. The number of carbonyl (C=O) groups is 1. The first-order valence-corrected chi connectivity index (χ1v) is 16.2. The van der Waals surface area contributed by atoms with Gasteiger partial charge in [0, 0.05) is 44.7 Å². The highest BCUT2D eigenvalue weighted by molar-refractivity contribution is 14.1. The molecule has 14 heteroatoms. The van der Waals surface area contributed by atoms with Gasteiger partial charge < -0.3 is 29.8 Å². The number of carbonyl (C=O) groups excluding carboxylic acids is 1. The fourth-order valence-electron chi connectivity index (χ4n) is 5.36. The molecule has 6 rings (SSSR count). The Hall–Kier alpha value is -1.98. The average Bonchev–Trinajstić information content (AvgIpc) is 3.47. The van der Waals surface area contributed by atoms with E-state index in [1.165, 1.54) is 6.33 Å². The van der Waals surface area contributed by atoms with Crippen molar-refractivity contribution in [3.63, 3.8) is 0 Å². The van der Waals surface area contributed by atoms with Crippen LogP contribution in [0.4, 0.5) is 10.6 Å². The van der Waals surface area contributed by atoms with Crippen molar-refractivity contribution in [3.05, 3.63) is 37.3 Å². The number of likely N-dealkylation sites (tertiary alicyclic amines) is 1. The Morgan fingerprint density at radius 3 is 2.07 bits per heavy atom. The summed E-state index contributed by atoms with van der Waals surface area (Å²) < 4.78 is 12.1. The third-order valence-electron chi connectivity index (χ3n) is 7.32. The van der Waals surface area contributed by atoms with E-state index in [0.717, 1.165) is 68.0 Å². The first-order chi connectivity index (χ1) is 19.5. The Balaban J connectivity index is 0.000000174. The molecule has 0 bridgehead atoms. The first-order valence-electron chi connectivity index (χ1n) is 13.6. The van der Waals surface area contributed by atoms with E-state index in [-0.39, 0.29) is 6.09 Å². The summed E-state index contributed by atoms with van der Waals surface area (Å²) in [7, 11) is 0. The van der Waals surface area contributed by atoms with E-state index in [1.54, 1.807) is 11.2 Å². The molecule has 41 heavy (non-hydrogen) atoms. The summed E-state index contributed by atoms with van der Waals surface area (Å²) in [6, 6.07) is 0.817. The molecule has 1 amide bonds. The van der Waals surface area contributed by atoms with Gasteiger partial charge in [-0.05, 0) is 105 Å². The molecule has 2 aliphatic heterocycles. The second kappa shape index (κ2) is 12.7. The minimum Gasteiger partial charge on any atom is -0.444 e. The molecule has 0 atom stereocenters. The van der Waals surface area contributed by atoms with E-state index in [4.69, 9.17) is 22.1 Å². The van der Waals surface area contributed by atoms with Gasteiger partial charge >= 0.3 is 6.09 Å². The molecule has 2 fully saturated rings. The van der Waals surface area contributed by atoms with E-state index in [2.05, 4.69) is 92.0 Å². The molecule has 0 radical (unpaired) electrons. The van der Waals surface area contributed by atoms with Crippen LogP contribution in [-0.4, -0.2) is 71.8 Å². The maximum Gasteiger partial charge on any atom is 0.410 e. The van der Waals surface area contributed by atoms with Crippen molar-refractivity contribution in [2.24, 2.45) is 0 Å². The minimum atomic E-state index is -0.464. The Bertz CT molecular complexity index is 1540. The number of rotatable bonds is 2. The van der Waals surface area contributed by atoms with Gasteiger partial charge in [-0.25, -0.2) is 24.7 Å². The fourth-order valence-corrected chi connectivity index (χ4v) is 7.37. The summed E-state index contributed by atoms with van der Waals surface area (Å²) in [5, 5.41) is 5.75. The largest absolute Gasteiger partial charge is 0.444 e. The third-order valence-corrected chi connectivity index (χ3v) is 9.24. The van der Waals surface area contributed by atoms with Gasteiger partial charge in [0.1, 0.15) is 40.5 Å². The minimum absolute atomic E-state index is 0.238. The van der Waals surface area contributed by atoms with Crippen LogP contribution in [0.5, 0.6) is 0 Å². The number of fused-ring (bicyclic) bond motifs is 2. The van der Waals surface area contributed by atoms with E-state index < -0.39 is 5.60 Å². The molecule has 2 aliphatic rings. The van der Waals surface area contributed by atoms with Crippen molar-refractivity contribution in [2.45, 2.75) is 64.1 Å². The number of halogens is 3. The van der Waals surface area contributed by atoms with Crippen molar-refractivity contribution >= 4 is 90.8 Å². The van der Waals surface area contributed by atoms with Crippen LogP contribution < -0.4 is 11.1 Å². The van der Waals surface area contributed by atoms with Gasteiger partial charge in [-0.15, -0.1) is 0 Å². The van der Waals surface area contributed by atoms with Crippen LogP contribution in [0.1, 0.15) is 58.5 Å². The van der Waals surface area contributed by atoms with Gasteiger partial charge in [-0.3, -0.25) is 0 Å². The molecule has 0 aromatic carbocycles. The molecule has 0 saturated carbocycles. The molecule has 4 aromatic heterocycles. The predicted octanol–water partition coefficient (Wildman–Crippen LogP) is 5.80. The smallest absolute Gasteiger partial charge is 0.410 e. The van der Waals surface area contributed by atoms with Crippen LogP contribution in [0, 0.1) is 7.14 Å². The summed E-state index contributed by atoms with van der Waals surface area (Å²) in [6.07, 6.45) is 11.0. The van der Waals surface area contributed by atoms with Crippen LogP contribution >= 0.6 is 56.8 Å². The first kappa shape index (κ1) is 30.5. The highest BCUT2D eigenvalue weighted by atomic mass is 127. The molecular weight excluding hydrogens is 772 g/mol. The number of nitrogens with two attached hydrogens (primary N) is 1. The van der Waals surface area contributed by atoms with Gasteiger partial charge in [0.15, 0.2) is 0 Å². The number of ether oxygens (including phenoxy) is 1. The van der Waals surface area contributed by atoms with Crippen molar-refractivity contribution in [1.29, 1.82) is 0 Å². The van der Waals surface area contributed by atoms with Crippen LogP contribution in [0.3, 0.4) is 0 Å². The average molecular weight is 806 g/mol. The predicted molar refractivity (Wildman–Crippen MR) is 177 cm³/mol. The molecular formula is C27H34ClI2N9O2. The monoisotopic (exact) mass is 805 g/mol. The molecule has 4 aromatic rings. The standard InChI is InChI=1S/C16H20ClIN4O2.C11H14IN5/c1-16(2,3)24-15(23)21-6-4-10(5-7-21)22-8-11(18)12-13(17)19-9-20-14(12)22;12-8-5-17(7-1-3-14-4-2-7)11-9(8)10(13)15-6-16-11/h8-10H,4-7H2,1-3H3;5-7,14H,1-4H2,(H2,13,15,16). The summed E-state index contributed by atoms with van der Waals surface area (Å²) in [5.74, 6) is 0.576. The molecule has 6 heterocycles. The molecule has 0 unspecified atom stereocenters. The van der Waals surface area contributed by atoms with Crippen molar-refractivity contribution in [2.75, 3.05) is 31.9 Å². The Labute approximate surface area is 271 Å². The van der Waals surface area contributed by atoms with Crippen LogP contribution in [0.2, 0.25) is 5.15 Å². The lowest BCUT2D eigenvalue weighted by Crippen LogP contribution is -2.42. The van der Waals surface area contributed by atoms with Crippen LogP contribution in [0.25, 0.3) is 22.1 Å². The van der Waals surface area contributed by atoms with Gasteiger partial charge in [0.05, 0.1) is 10.8 Å². The number of aromatic nitrogens is 6. The van der Waals surface area contributed by atoms with Crippen LogP contribution in [0.15, 0.2) is 25.0 Å². The Morgan fingerprint density at radius 2 is 1.46 bits per heavy atom. The summed E-state index contributed by atoms with van der Waals surface area (Å²) in [4.78, 5) is 30.9. The lowest BCUT2D eigenvalue weighted by atomic mass is 10.1. The number of hydrogen-bond donors (Lipinski definition) is 2. The number of anilines is 1. The zero-order valence-corrected chi connectivity index (χ0v) is 28.4. The number of amides is 1. The lowest BCUT2D eigenvalue weighted by Gasteiger charge is -2.34. The molecule has 0 spiro atoms. The zero-order chi connectivity index (χ0) is 29.3. The second-order valence-corrected chi connectivity index (χ2v) is 14.0. The molecule has 2 saturated heterocycles. The normalized spacial score (nSPS) is 17.1. The molecule has 0 aliphatic carbocycles. The number of hydrogen-bond acceptors (Lipinski definition) is 8. The van der Waals surface area contributed by atoms with Gasteiger partial charge in [-0.2, -0.15) is 0 Å². The molecule has 220 valence electrons. The van der Waals surface area contributed by atoms with Crippen molar-refractivity contribution < 1.29 is 9.53 Å². The topological polar surface area (TPSA) is 129 Å². The third kappa shape index (κ3) is 6.82. The van der Waals surface area contributed by atoms with Crippen LogP contribution in [-0.2, 0) is 4.74 Å². The van der Waals surface area contributed by atoms with Crippen molar-refractivity contribution in [3.8, 4) is 0 Å². The van der Waals surface area contributed by atoms with Gasteiger partial charge in [0.2, 0.25) is 0 Å². The Kier molecular flexibility index (Phi) is 9.45.